The molecule has 2 aliphatic rings. The van der Waals surface area contributed by atoms with Crippen molar-refractivity contribution in [3.05, 3.63) is 24.0 Å². The fourth-order valence-corrected chi connectivity index (χ4v) is 2.18. The van der Waals surface area contributed by atoms with E-state index in [0.29, 0.717) is 5.92 Å². The van der Waals surface area contributed by atoms with Gasteiger partial charge < -0.3 is 9.64 Å². The van der Waals surface area contributed by atoms with Crippen LogP contribution in [0.15, 0.2) is 24.0 Å². The number of nitrogens with zero attached hydrogens (tertiary/aromatic N) is 2. The van der Waals surface area contributed by atoms with Crippen molar-refractivity contribution in [3.8, 4) is 0 Å². The van der Waals surface area contributed by atoms with E-state index in [1.807, 2.05) is 0 Å². The third-order valence-electron chi connectivity index (χ3n) is 3.55. The zero-order valence-corrected chi connectivity index (χ0v) is 11.1. The largest absolute Gasteiger partial charge is 0.493 e. The van der Waals surface area contributed by atoms with Crippen LogP contribution in [0.2, 0.25) is 0 Å². The van der Waals surface area contributed by atoms with Crippen LogP contribution in [-0.4, -0.2) is 56.2 Å². The Labute approximate surface area is 105 Å². The number of allylic oxidation sites excluding steroid dienone is 3. The highest BCUT2D eigenvalue weighted by molar-refractivity contribution is 5.17. The van der Waals surface area contributed by atoms with Crippen LogP contribution in [0.25, 0.3) is 0 Å². The SMILES string of the molecule is CC1C=CC(OCCN2CCN(C)CC2)=CC1. The van der Waals surface area contributed by atoms with Gasteiger partial charge in [-0.05, 0) is 31.5 Å². The van der Waals surface area contributed by atoms with Gasteiger partial charge in [-0.25, -0.2) is 0 Å². The highest BCUT2D eigenvalue weighted by Crippen LogP contribution is 2.16. The third-order valence-corrected chi connectivity index (χ3v) is 3.55. The summed E-state index contributed by atoms with van der Waals surface area (Å²) in [6.07, 6.45) is 7.65. The van der Waals surface area contributed by atoms with Crippen LogP contribution in [0.1, 0.15) is 13.3 Å². The average Bonchev–Trinajstić information content (AvgIpc) is 2.34. The second-order valence-electron chi connectivity index (χ2n) is 5.17. The van der Waals surface area contributed by atoms with Crippen LogP contribution >= 0.6 is 0 Å². The van der Waals surface area contributed by atoms with Crippen molar-refractivity contribution in [1.82, 2.24) is 9.80 Å². The summed E-state index contributed by atoms with van der Waals surface area (Å²) in [4.78, 5) is 4.86. The standard InChI is InChI=1S/C14H24N2O/c1-13-3-5-14(6-4-13)17-12-11-16-9-7-15(2)8-10-16/h3,5-6,13H,4,7-12H2,1-2H3. The van der Waals surface area contributed by atoms with Gasteiger partial charge >= 0.3 is 0 Å². The monoisotopic (exact) mass is 236 g/mol. The van der Waals surface area contributed by atoms with E-state index in [9.17, 15) is 0 Å². The second kappa shape index (κ2) is 6.22. The molecule has 1 unspecified atom stereocenters. The van der Waals surface area contributed by atoms with Crippen molar-refractivity contribution in [3.63, 3.8) is 0 Å². The van der Waals surface area contributed by atoms with Crippen LogP contribution in [0, 0.1) is 5.92 Å². The molecule has 0 aromatic carbocycles. The Morgan fingerprint density at radius 1 is 1.29 bits per heavy atom. The van der Waals surface area contributed by atoms with Crippen molar-refractivity contribution < 1.29 is 4.74 Å². The highest BCUT2D eigenvalue weighted by Gasteiger charge is 2.13. The van der Waals surface area contributed by atoms with Crippen LogP contribution in [-0.2, 0) is 4.74 Å². The van der Waals surface area contributed by atoms with E-state index < -0.39 is 0 Å². The summed E-state index contributed by atoms with van der Waals surface area (Å²) in [5, 5.41) is 0. The van der Waals surface area contributed by atoms with E-state index in [4.69, 9.17) is 4.74 Å². The maximum absolute atomic E-state index is 5.78. The van der Waals surface area contributed by atoms with Gasteiger partial charge in [0.15, 0.2) is 0 Å². The lowest BCUT2D eigenvalue weighted by Gasteiger charge is -2.32. The minimum atomic E-state index is 0.667. The zero-order valence-electron chi connectivity index (χ0n) is 11.1. The molecule has 1 atom stereocenters. The van der Waals surface area contributed by atoms with E-state index >= 15 is 0 Å². The highest BCUT2D eigenvalue weighted by atomic mass is 16.5. The van der Waals surface area contributed by atoms with E-state index in [1.54, 1.807) is 0 Å². The lowest BCUT2D eigenvalue weighted by Crippen LogP contribution is -2.45. The molecule has 3 nitrogen and oxygen atoms in total. The third kappa shape index (κ3) is 4.17. The topological polar surface area (TPSA) is 15.7 Å². The number of hydrogen-bond acceptors (Lipinski definition) is 3. The number of rotatable bonds is 4. The maximum atomic E-state index is 5.78. The molecule has 0 spiro atoms. The fraction of sp³-hybridized carbons (Fsp3) is 0.714. The van der Waals surface area contributed by atoms with Crippen LogP contribution < -0.4 is 0 Å². The quantitative estimate of drug-likeness (QED) is 0.739. The van der Waals surface area contributed by atoms with Gasteiger partial charge in [0.1, 0.15) is 12.4 Å². The first kappa shape index (κ1) is 12.7. The number of piperazine rings is 1. The lowest BCUT2D eigenvalue weighted by atomic mass is 10.0. The Morgan fingerprint density at radius 3 is 2.71 bits per heavy atom. The maximum Gasteiger partial charge on any atom is 0.115 e. The van der Waals surface area contributed by atoms with Gasteiger partial charge in [0.2, 0.25) is 0 Å². The summed E-state index contributed by atoms with van der Waals surface area (Å²) in [6, 6.07) is 0. The van der Waals surface area contributed by atoms with E-state index in [2.05, 4.69) is 42.0 Å². The summed E-state index contributed by atoms with van der Waals surface area (Å²) in [7, 11) is 2.19. The number of hydrogen-bond donors (Lipinski definition) is 0. The summed E-state index contributed by atoms with van der Waals surface area (Å²) in [5.74, 6) is 1.72. The molecule has 0 N–H and O–H groups in total. The van der Waals surface area contributed by atoms with Crippen molar-refractivity contribution in [2.45, 2.75) is 13.3 Å². The molecule has 0 amide bonds. The van der Waals surface area contributed by atoms with Crippen molar-refractivity contribution >= 4 is 0 Å². The van der Waals surface area contributed by atoms with Crippen LogP contribution in [0.3, 0.4) is 0 Å². The fourth-order valence-electron chi connectivity index (χ4n) is 2.18. The minimum absolute atomic E-state index is 0.667. The van der Waals surface area contributed by atoms with E-state index in [0.717, 1.165) is 25.3 Å². The summed E-state index contributed by atoms with van der Waals surface area (Å²) < 4.78 is 5.78. The lowest BCUT2D eigenvalue weighted by molar-refractivity contribution is 0.115. The molecular weight excluding hydrogens is 212 g/mol. The van der Waals surface area contributed by atoms with Crippen molar-refractivity contribution in [2.75, 3.05) is 46.4 Å². The van der Waals surface area contributed by atoms with Crippen LogP contribution in [0.4, 0.5) is 0 Å². The molecule has 96 valence electrons. The van der Waals surface area contributed by atoms with Gasteiger partial charge in [0, 0.05) is 32.7 Å². The molecule has 0 saturated carbocycles. The molecule has 1 heterocycles. The molecule has 17 heavy (non-hydrogen) atoms. The van der Waals surface area contributed by atoms with Gasteiger partial charge in [0.05, 0.1) is 0 Å². The molecular formula is C14H24N2O. The Hall–Kier alpha value is -0.800. The molecule has 1 aliphatic heterocycles. The first-order valence-electron chi connectivity index (χ1n) is 6.66. The van der Waals surface area contributed by atoms with E-state index in [-0.39, 0.29) is 0 Å². The second-order valence-corrected chi connectivity index (χ2v) is 5.17. The Balaban J connectivity index is 1.62. The predicted octanol–water partition coefficient (Wildman–Crippen LogP) is 1.73. The Bertz CT molecular complexity index is 291. The molecule has 1 fully saturated rings. The van der Waals surface area contributed by atoms with Crippen molar-refractivity contribution in [1.29, 1.82) is 0 Å². The molecule has 0 aromatic rings. The number of likely N-dealkylation sites (N-methyl/N-ethyl adjacent to an activating group) is 1. The Kier molecular flexibility index (Phi) is 4.63. The normalized spacial score (nSPS) is 26.9. The first-order chi connectivity index (χ1) is 8.24. The molecule has 0 bridgehead atoms. The van der Waals surface area contributed by atoms with Crippen LogP contribution in [0.5, 0.6) is 0 Å². The van der Waals surface area contributed by atoms with Gasteiger partial charge in [0.25, 0.3) is 0 Å². The van der Waals surface area contributed by atoms with Gasteiger partial charge in [-0.2, -0.15) is 0 Å². The van der Waals surface area contributed by atoms with Crippen molar-refractivity contribution in [2.24, 2.45) is 5.92 Å². The summed E-state index contributed by atoms with van der Waals surface area (Å²) >= 11 is 0. The molecule has 1 aliphatic carbocycles. The Morgan fingerprint density at radius 2 is 2.06 bits per heavy atom. The number of ether oxygens (including phenoxy) is 1. The van der Waals surface area contributed by atoms with Gasteiger partial charge in [-0.15, -0.1) is 0 Å². The molecule has 3 heteroatoms. The van der Waals surface area contributed by atoms with Gasteiger partial charge in [-0.3, -0.25) is 4.90 Å². The smallest absolute Gasteiger partial charge is 0.115 e. The molecule has 0 radical (unpaired) electrons. The molecule has 2 rings (SSSR count). The molecule has 0 aromatic heterocycles. The average molecular weight is 236 g/mol. The summed E-state index contributed by atoms with van der Waals surface area (Å²) in [5.41, 5.74) is 0. The first-order valence-corrected chi connectivity index (χ1v) is 6.66. The van der Waals surface area contributed by atoms with Gasteiger partial charge in [-0.1, -0.05) is 13.0 Å². The zero-order chi connectivity index (χ0) is 12.1. The van der Waals surface area contributed by atoms with E-state index in [1.165, 1.54) is 26.2 Å². The summed E-state index contributed by atoms with van der Waals surface area (Å²) in [6.45, 7) is 8.80. The minimum Gasteiger partial charge on any atom is -0.493 e. The predicted molar refractivity (Wildman–Crippen MR) is 70.9 cm³/mol. The molecule has 1 saturated heterocycles.